The van der Waals surface area contributed by atoms with Crippen molar-refractivity contribution in [1.82, 2.24) is 4.90 Å². The van der Waals surface area contributed by atoms with Crippen molar-refractivity contribution in [2.75, 3.05) is 39.7 Å². The van der Waals surface area contributed by atoms with Crippen LogP contribution in [0.15, 0.2) is 42.5 Å². The van der Waals surface area contributed by atoms with Crippen LogP contribution in [0.25, 0.3) is 0 Å². The molecule has 2 aromatic rings. The molecule has 1 unspecified atom stereocenters. The fraction of sp³-hybridized carbons (Fsp3) is 0.435. The fourth-order valence-electron chi connectivity index (χ4n) is 3.47. The zero-order valence-corrected chi connectivity index (χ0v) is 17.6. The van der Waals surface area contributed by atoms with Crippen LogP contribution in [-0.2, 0) is 4.79 Å². The minimum absolute atomic E-state index is 0.0669. The minimum Gasteiger partial charge on any atom is -0.493 e. The van der Waals surface area contributed by atoms with Crippen molar-refractivity contribution < 1.29 is 19.0 Å². The summed E-state index contributed by atoms with van der Waals surface area (Å²) in [5.74, 6) is 2.14. The topological polar surface area (TPSA) is 60.0 Å². The lowest BCUT2D eigenvalue weighted by atomic mass is 10.1. The first kappa shape index (κ1) is 21.0. The summed E-state index contributed by atoms with van der Waals surface area (Å²) < 4.78 is 16.1. The van der Waals surface area contributed by atoms with Gasteiger partial charge in [0.25, 0.3) is 0 Å². The molecule has 1 saturated carbocycles. The third-order valence-electron chi connectivity index (χ3n) is 5.31. The third kappa shape index (κ3) is 5.41. The molecule has 1 fully saturated rings. The molecule has 0 saturated heterocycles. The van der Waals surface area contributed by atoms with E-state index in [1.165, 1.54) is 18.4 Å². The van der Waals surface area contributed by atoms with E-state index in [1.54, 1.807) is 33.5 Å². The number of ether oxygens (including phenoxy) is 3. The van der Waals surface area contributed by atoms with Crippen molar-refractivity contribution in [2.24, 2.45) is 5.92 Å². The molecule has 29 heavy (non-hydrogen) atoms. The molecule has 0 spiro atoms. The van der Waals surface area contributed by atoms with E-state index in [-0.39, 0.29) is 11.9 Å². The molecule has 3 rings (SSSR count). The van der Waals surface area contributed by atoms with E-state index in [2.05, 4.69) is 29.3 Å². The number of anilines is 1. The third-order valence-corrected chi connectivity index (χ3v) is 5.31. The van der Waals surface area contributed by atoms with Crippen LogP contribution in [-0.4, -0.2) is 45.2 Å². The van der Waals surface area contributed by atoms with Gasteiger partial charge in [-0.15, -0.1) is 0 Å². The maximum Gasteiger partial charge on any atom is 0.238 e. The van der Waals surface area contributed by atoms with Gasteiger partial charge < -0.3 is 19.5 Å². The van der Waals surface area contributed by atoms with Gasteiger partial charge in [-0.1, -0.05) is 30.3 Å². The Hall–Kier alpha value is -2.73. The Bertz CT molecular complexity index is 796. The number of amides is 1. The molecular formula is C23H30N2O4. The number of carbonyl (C=O) groups excluding carboxylic acids is 1. The molecule has 2 aromatic carbocycles. The molecule has 0 heterocycles. The van der Waals surface area contributed by atoms with Gasteiger partial charge in [-0.05, 0) is 31.2 Å². The lowest BCUT2D eigenvalue weighted by molar-refractivity contribution is -0.117. The molecule has 6 nitrogen and oxygen atoms in total. The van der Waals surface area contributed by atoms with Crippen LogP contribution >= 0.6 is 0 Å². The first-order valence-corrected chi connectivity index (χ1v) is 9.94. The van der Waals surface area contributed by atoms with Gasteiger partial charge in [0.2, 0.25) is 11.7 Å². The van der Waals surface area contributed by atoms with Crippen molar-refractivity contribution in [3.05, 3.63) is 48.0 Å². The highest BCUT2D eigenvalue weighted by Gasteiger charge is 2.28. The summed E-state index contributed by atoms with van der Waals surface area (Å²) in [5, 5.41) is 2.98. The Labute approximate surface area is 172 Å². The number of carbonyl (C=O) groups is 1. The number of nitrogens with zero attached hydrogens (tertiary/aromatic N) is 1. The molecule has 6 heteroatoms. The van der Waals surface area contributed by atoms with E-state index in [1.807, 2.05) is 18.2 Å². The molecule has 0 radical (unpaired) electrons. The highest BCUT2D eigenvalue weighted by Crippen LogP contribution is 2.40. The summed E-state index contributed by atoms with van der Waals surface area (Å²) in [5.41, 5.74) is 1.83. The summed E-state index contributed by atoms with van der Waals surface area (Å²) >= 11 is 0. The van der Waals surface area contributed by atoms with Crippen LogP contribution < -0.4 is 19.5 Å². The summed E-state index contributed by atoms with van der Waals surface area (Å²) in [7, 11) is 4.67. The predicted octanol–water partition coefficient (Wildman–Crippen LogP) is 4.12. The van der Waals surface area contributed by atoms with Gasteiger partial charge in [0.05, 0.1) is 27.9 Å². The summed E-state index contributed by atoms with van der Waals surface area (Å²) in [6.07, 6.45) is 2.49. The Morgan fingerprint density at radius 2 is 1.69 bits per heavy atom. The van der Waals surface area contributed by atoms with Crippen LogP contribution in [0.3, 0.4) is 0 Å². The normalized spacial score (nSPS) is 14.4. The monoisotopic (exact) mass is 398 g/mol. The first-order chi connectivity index (χ1) is 14.0. The van der Waals surface area contributed by atoms with Crippen molar-refractivity contribution in [2.45, 2.75) is 25.8 Å². The second kappa shape index (κ2) is 9.65. The van der Waals surface area contributed by atoms with E-state index < -0.39 is 0 Å². The number of benzene rings is 2. The quantitative estimate of drug-likeness (QED) is 0.652. The van der Waals surface area contributed by atoms with Gasteiger partial charge in [0, 0.05) is 30.4 Å². The maximum absolute atomic E-state index is 12.8. The number of rotatable bonds is 10. The van der Waals surface area contributed by atoms with E-state index in [9.17, 15) is 4.79 Å². The molecule has 0 aliphatic heterocycles. The van der Waals surface area contributed by atoms with Crippen molar-refractivity contribution in [1.29, 1.82) is 0 Å². The fourth-order valence-corrected chi connectivity index (χ4v) is 3.47. The highest BCUT2D eigenvalue weighted by atomic mass is 16.5. The van der Waals surface area contributed by atoms with Crippen molar-refractivity contribution >= 4 is 11.6 Å². The molecule has 1 N–H and O–H groups in total. The summed E-state index contributed by atoms with van der Waals surface area (Å²) in [6.45, 7) is 3.41. The predicted molar refractivity (Wildman–Crippen MR) is 114 cm³/mol. The van der Waals surface area contributed by atoms with Gasteiger partial charge in [-0.25, -0.2) is 0 Å². The number of hydrogen-bond acceptors (Lipinski definition) is 5. The average molecular weight is 399 g/mol. The molecule has 0 aromatic heterocycles. The van der Waals surface area contributed by atoms with Crippen LogP contribution in [0.5, 0.6) is 17.2 Å². The van der Waals surface area contributed by atoms with Crippen LogP contribution in [0.2, 0.25) is 0 Å². The van der Waals surface area contributed by atoms with E-state index in [4.69, 9.17) is 14.2 Å². The van der Waals surface area contributed by atoms with Crippen LogP contribution in [0, 0.1) is 5.92 Å². The van der Waals surface area contributed by atoms with E-state index >= 15 is 0 Å². The Balaban J connectivity index is 1.73. The Morgan fingerprint density at radius 3 is 2.21 bits per heavy atom. The summed E-state index contributed by atoms with van der Waals surface area (Å²) in [4.78, 5) is 15.1. The van der Waals surface area contributed by atoms with Crippen LogP contribution in [0.4, 0.5) is 5.69 Å². The molecule has 156 valence electrons. The van der Waals surface area contributed by atoms with E-state index in [0.29, 0.717) is 35.4 Å². The molecular weight excluding hydrogens is 368 g/mol. The lowest BCUT2D eigenvalue weighted by Crippen LogP contribution is -2.36. The first-order valence-electron chi connectivity index (χ1n) is 9.94. The van der Waals surface area contributed by atoms with Gasteiger partial charge in [-0.2, -0.15) is 0 Å². The number of nitrogens with one attached hydrogen (secondary N) is 1. The zero-order chi connectivity index (χ0) is 20.8. The maximum atomic E-state index is 12.8. The number of hydrogen-bond donors (Lipinski definition) is 1. The average Bonchev–Trinajstić information content (AvgIpc) is 3.56. The lowest BCUT2D eigenvalue weighted by Gasteiger charge is -2.29. The zero-order valence-electron chi connectivity index (χ0n) is 17.6. The molecule has 1 aliphatic rings. The molecule has 0 bridgehead atoms. The SMILES string of the molecule is COc1cc(NC(=O)CN(CC2CC2)C(C)c2ccccc2)cc(OC)c1OC. The van der Waals surface area contributed by atoms with Gasteiger partial charge >= 0.3 is 0 Å². The van der Waals surface area contributed by atoms with Crippen molar-refractivity contribution in [3.8, 4) is 17.2 Å². The van der Waals surface area contributed by atoms with Gasteiger partial charge in [0.15, 0.2) is 11.5 Å². The van der Waals surface area contributed by atoms with Gasteiger partial charge in [-0.3, -0.25) is 9.69 Å². The standard InChI is InChI=1S/C23H30N2O4/c1-16(18-8-6-5-7-9-18)25(14-17-10-11-17)15-22(26)24-19-12-20(27-2)23(29-4)21(13-19)28-3/h5-9,12-13,16-17H,10-11,14-15H2,1-4H3,(H,24,26). The second-order valence-electron chi connectivity index (χ2n) is 7.42. The largest absolute Gasteiger partial charge is 0.493 e. The molecule has 1 atom stereocenters. The summed E-state index contributed by atoms with van der Waals surface area (Å²) in [6, 6.07) is 14.0. The second-order valence-corrected chi connectivity index (χ2v) is 7.42. The van der Waals surface area contributed by atoms with E-state index in [0.717, 1.165) is 6.54 Å². The minimum atomic E-state index is -0.0669. The molecule has 1 aliphatic carbocycles. The Kier molecular flexibility index (Phi) is 6.99. The van der Waals surface area contributed by atoms with Gasteiger partial charge in [0.1, 0.15) is 0 Å². The van der Waals surface area contributed by atoms with Crippen molar-refractivity contribution in [3.63, 3.8) is 0 Å². The van der Waals surface area contributed by atoms with Crippen LogP contribution in [0.1, 0.15) is 31.4 Å². The Morgan fingerprint density at radius 1 is 1.07 bits per heavy atom. The highest BCUT2D eigenvalue weighted by molar-refractivity contribution is 5.93. The number of methoxy groups -OCH3 is 3. The smallest absolute Gasteiger partial charge is 0.238 e. The molecule has 1 amide bonds.